The molecule has 0 aliphatic carbocycles. The van der Waals surface area contributed by atoms with Crippen LogP contribution in [0.2, 0.25) is 0 Å². The minimum atomic E-state index is -4.10. The van der Waals surface area contributed by atoms with Gasteiger partial charge in [-0.3, -0.25) is 9.97 Å². The number of nitrogens with zero attached hydrogens (tertiary/aromatic N) is 2. The number of aliphatic hydroxyl groups is 2. The fraction of sp³-hybridized carbons (Fsp3) is 0.353. The molecule has 4 aromatic rings. The fourth-order valence-electron chi connectivity index (χ4n) is 5.71. The Hall–Kier alpha value is -3.47. The summed E-state index contributed by atoms with van der Waals surface area (Å²) in [6.07, 6.45) is -2.09. The Morgan fingerprint density at radius 2 is 1.05 bits per heavy atom. The molecule has 5 rings (SSSR count). The van der Waals surface area contributed by atoms with Gasteiger partial charge in [-0.05, 0) is 73.2 Å². The van der Waals surface area contributed by atoms with Crippen molar-refractivity contribution in [1.29, 1.82) is 0 Å². The zero-order valence-electron chi connectivity index (χ0n) is 24.4. The number of rotatable bonds is 10. The molecule has 2 N–H and O–H groups in total. The molecule has 9 heteroatoms. The third-order valence-corrected chi connectivity index (χ3v) is 10.5. The van der Waals surface area contributed by atoms with E-state index in [1.54, 1.807) is 12.4 Å². The summed E-state index contributed by atoms with van der Waals surface area (Å²) in [5.74, 6) is 0. The lowest BCUT2D eigenvalue weighted by Gasteiger charge is -2.30. The van der Waals surface area contributed by atoms with E-state index in [1.807, 2.05) is 98.8 Å². The third-order valence-electron chi connectivity index (χ3n) is 7.95. The molecule has 0 radical (unpaired) electrons. The summed E-state index contributed by atoms with van der Waals surface area (Å²) in [6.45, 7) is 3.80. The molecule has 0 bridgehead atoms. The first kappa shape index (κ1) is 31.0. The quantitative estimate of drug-likeness (QED) is 0.280. The largest absolute Gasteiger partial charge is 0.388 e. The lowest BCUT2D eigenvalue weighted by atomic mass is 9.94. The predicted molar refractivity (Wildman–Crippen MR) is 164 cm³/mol. The second kappa shape index (κ2) is 13.9. The zero-order chi connectivity index (χ0) is 30.4. The van der Waals surface area contributed by atoms with Gasteiger partial charge in [0.1, 0.15) is 24.4 Å². The number of aryl methyl sites for hydroxylation is 2. The van der Waals surface area contributed by atoms with Crippen molar-refractivity contribution in [2.75, 3.05) is 0 Å². The van der Waals surface area contributed by atoms with E-state index >= 15 is 0 Å². The van der Waals surface area contributed by atoms with Crippen molar-refractivity contribution >= 4 is 9.84 Å². The second-order valence-electron chi connectivity index (χ2n) is 11.2. The molecule has 0 amide bonds. The van der Waals surface area contributed by atoms with Gasteiger partial charge in [-0.15, -0.1) is 0 Å². The summed E-state index contributed by atoms with van der Waals surface area (Å²) >= 11 is 0. The molecule has 0 spiro atoms. The van der Waals surface area contributed by atoms with E-state index in [2.05, 4.69) is 9.97 Å². The lowest BCUT2D eigenvalue weighted by molar-refractivity contribution is -0.139. The van der Waals surface area contributed by atoms with Gasteiger partial charge in [0, 0.05) is 12.4 Å². The molecular weight excluding hydrogens is 564 g/mol. The second-order valence-corrected chi connectivity index (χ2v) is 13.6. The van der Waals surface area contributed by atoms with E-state index in [4.69, 9.17) is 9.47 Å². The van der Waals surface area contributed by atoms with Crippen molar-refractivity contribution in [1.82, 2.24) is 9.97 Å². The summed E-state index contributed by atoms with van der Waals surface area (Å²) in [5, 5.41) is 21.0. The van der Waals surface area contributed by atoms with Crippen LogP contribution in [0.3, 0.4) is 0 Å². The maximum Gasteiger partial charge on any atom is 0.161 e. The van der Waals surface area contributed by atoms with Gasteiger partial charge in [0.15, 0.2) is 9.84 Å². The maximum absolute atomic E-state index is 14.8. The van der Waals surface area contributed by atoms with Crippen LogP contribution in [0, 0.1) is 13.8 Å². The van der Waals surface area contributed by atoms with Crippen molar-refractivity contribution in [3.05, 3.63) is 131 Å². The molecule has 8 nitrogen and oxygen atoms in total. The predicted octanol–water partition coefficient (Wildman–Crippen LogP) is 3.94. The number of benzene rings is 2. The number of sulfone groups is 1. The highest BCUT2D eigenvalue weighted by molar-refractivity contribution is 7.92. The molecule has 0 unspecified atom stereocenters. The Balaban J connectivity index is 1.55. The molecule has 43 heavy (non-hydrogen) atoms. The smallest absolute Gasteiger partial charge is 0.161 e. The molecule has 0 saturated carbocycles. The van der Waals surface area contributed by atoms with Gasteiger partial charge in [0.2, 0.25) is 0 Å². The average molecular weight is 603 g/mol. The van der Waals surface area contributed by atoms with Crippen LogP contribution in [0.25, 0.3) is 0 Å². The average Bonchev–Trinajstić information content (AvgIpc) is 3.05. The van der Waals surface area contributed by atoms with Crippen LogP contribution in [-0.4, -0.2) is 63.5 Å². The number of ether oxygens (including phenoxy) is 2. The van der Waals surface area contributed by atoms with Crippen molar-refractivity contribution in [3.8, 4) is 0 Å². The highest BCUT2D eigenvalue weighted by Gasteiger charge is 2.54. The van der Waals surface area contributed by atoms with Gasteiger partial charge < -0.3 is 19.7 Å². The first-order valence-corrected chi connectivity index (χ1v) is 16.1. The fourth-order valence-corrected chi connectivity index (χ4v) is 8.24. The van der Waals surface area contributed by atoms with Gasteiger partial charge in [-0.25, -0.2) is 8.42 Å². The summed E-state index contributed by atoms with van der Waals surface area (Å²) < 4.78 is 42.0. The summed E-state index contributed by atoms with van der Waals surface area (Å²) in [5.41, 5.74) is 4.71. The Morgan fingerprint density at radius 1 is 0.651 bits per heavy atom. The zero-order valence-corrected chi connectivity index (χ0v) is 25.2. The van der Waals surface area contributed by atoms with E-state index in [1.165, 1.54) is 0 Å². The van der Waals surface area contributed by atoms with Crippen LogP contribution in [0.15, 0.2) is 97.3 Å². The van der Waals surface area contributed by atoms with Crippen molar-refractivity contribution in [2.45, 2.75) is 74.8 Å². The van der Waals surface area contributed by atoms with Gasteiger partial charge in [0.05, 0.1) is 35.1 Å². The highest BCUT2D eigenvalue weighted by atomic mass is 32.2. The van der Waals surface area contributed by atoms with Gasteiger partial charge in [0.25, 0.3) is 0 Å². The van der Waals surface area contributed by atoms with Crippen LogP contribution in [0.5, 0.6) is 0 Å². The molecule has 1 saturated heterocycles. The standard InChI is InChI=1S/C34H38N2O6S/c1-23-13-15-35-27(17-23)21-41-33-29(19-25-9-5-3-6-10-25)43(39,40)30(20-26-11-7-4-8-12-26)34(32(38)31(33)37)42-22-28-18-24(2)14-16-36-28/h3-18,29-34,37-38H,19-22H2,1-2H3/t29-,30-,31-,32-,33+,34+/m1/s1. The lowest BCUT2D eigenvalue weighted by Crippen LogP contribution is -2.49. The van der Waals surface area contributed by atoms with Gasteiger partial charge >= 0.3 is 0 Å². The highest BCUT2D eigenvalue weighted by Crippen LogP contribution is 2.34. The molecular formula is C34H38N2O6S. The SMILES string of the molecule is Cc1ccnc(CO[C@@H]2[C@H](O)[C@@H](O)[C@@H](OCc3cc(C)ccn3)[C@@H](Cc3ccccc3)S(=O)(=O)[C@@H]2Cc2ccccc2)c1. The third kappa shape index (κ3) is 7.55. The number of hydrogen-bond acceptors (Lipinski definition) is 8. The van der Waals surface area contributed by atoms with Gasteiger partial charge in [-0.2, -0.15) is 0 Å². The van der Waals surface area contributed by atoms with Crippen LogP contribution < -0.4 is 0 Å². The minimum Gasteiger partial charge on any atom is -0.388 e. The van der Waals surface area contributed by atoms with E-state index in [0.717, 1.165) is 22.3 Å². The molecule has 226 valence electrons. The number of hydrogen-bond donors (Lipinski definition) is 2. The first-order valence-electron chi connectivity index (χ1n) is 14.5. The number of aliphatic hydroxyl groups excluding tert-OH is 2. The molecule has 3 heterocycles. The Morgan fingerprint density at radius 3 is 1.42 bits per heavy atom. The van der Waals surface area contributed by atoms with Crippen LogP contribution >= 0.6 is 0 Å². The number of pyridine rings is 2. The molecule has 1 fully saturated rings. The summed E-state index contributed by atoms with van der Waals surface area (Å²) in [6, 6.07) is 25.9. The Bertz CT molecular complexity index is 1470. The van der Waals surface area contributed by atoms with Crippen LogP contribution in [0.1, 0.15) is 33.6 Å². The number of aromatic nitrogens is 2. The normalized spacial score (nSPS) is 25.2. The van der Waals surface area contributed by atoms with Crippen LogP contribution in [-0.2, 0) is 45.4 Å². The van der Waals surface area contributed by atoms with Crippen LogP contribution in [0.4, 0.5) is 0 Å². The summed E-state index contributed by atoms with van der Waals surface area (Å²) in [7, 11) is -4.10. The summed E-state index contributed by atoms with van der Waals surface area (Å²) in [4.78, 5) is 8.68. The van der Waals surface area contributed by atoms with E-state index in [0.29, 0.717) is 11.4 Å². The van der Waals surface area contributed by atoms with E-state index < -0.39 is 44.8 Å². The molecule has 6 atom stereocenters. The molecule has 2 aromatic heterocycles. The van der Waals surface area contributed by atoms with Crippen molar-refractivity contribution < 1.29 is 28.1 Å². The van der Waals surface area contributed by atoms with Gasteiger partial charge in [-0.1, -0.05) is 60.7 Å². The van der Waals surface area contributed by atoms with Crippen molar-refractivity contribution in [3.63, 3.8) is 0 Å². The van der Waals surface area contributed by atoms with Crippen molar-refractivity contribution in [2.24, 2.45) is 0 Å². The Labute approximate surface area is 253 Å². The molecule has 1 aliphatic heterocycles. The minimum absolute atomic E-state index is 0.0287. The van der Waals surface area contributed by atoms with E-state index in [-0.39, 0.29) is 26.1 Å². The monoisotopic (exact) mass is 602 g/mol. The topological polar surface area (TPSA) is 119 Å². The maximum atomic E-state index is 14.8. The molecule has 2 aromatic carbocycles. The first-order chi connectivity index (χ1) is 20.7. The molecule has 1 aliphatic rings. The Kier molecular flexibility index (Phi) is 10.00. The van der Waals surface area contributed by atoms with E-state index in [9.17, 15) is 18.6 Å².